The largest absolute Gasteiger partial charge is 0.294 e. The molecule has 0 radical (unpaired) electrons. The van der Waals surface area contributed by atoms with Crippen LogP contribution in [0.3, 0.4) is 0 Å². The summed E-state index contributed by atoms with van der Waals surface area (Å²) in [6, 6.07) is 0. The Kier molecular flexibility index (Phi) is 2.98. The van der Waals surface area contributed by atoms with Gasteiger partial charge in [-0.15, -0.1) is 0 Å². The van der Waals surface area contributed by atoms with E-state index in [0.29, 0.717) is 4.48 Å². The van der Waals surface area contributed by atoms with Gasteiger partial charge in [-0.25, -0.2) is 0 Å². The van der Waals surface area contributed by atoms with Crippen molar-refractivity contribution in [2.45, 2.75) is 20.8 Å². The van der Waals surface area contributed by atoms with Crippen LogP contribution in [0.25, 0.3) is 0 Å². The maximum atomic E-state index is 10.5. The van der Waals surface area contributed by atoms with E-state index in [2.05, 4.69) is 15.9 Å². The highest BCUT2D eigenvalue weighted by molar-refractivity contribution is 9.12. The highest BCUT2D eigenvalue weighted by Crippen LogP contribution is 2.10. The summed E-state index contributed by atoms with van der Waals surface area (Å²) in [4.78, 5) is 10.5. The molecule has 0 saturated heterocycles. The molecule has 0 aliphatic carbocycles. The van der Waals surface area contributed by atoms with E-state index in [1.54, 1.807) is 0 Å². The molecule has 0 N–H and O–H groups in total. The fraction of sp³-hybridized carbons (Fsp3) is 0.500. The van der Waals surface area contributed by atoms with Gasteiger partial charge in [-0.3, -0.25) is 4.79 Å². The summed E-state index contributed by atoms with van der Waals surface area (Å²) in [5.74, 6) is 0.0880. The van der Waals surface area contributed by atoms with Gasteiger partial charge in [-0.1, -0.05) is 5.57 Å². The molecular formula is C6H9BrO. The number of rotatable bonds is 1. The van der Waals surface area contributed by atoms with Crippen LogP contribution >= 0.6 is 15.9 Å². The van der Waals surface area contributed by atoms with Crippen LogP contribution in [0.2, 0.25) is 0 Å². The van der Waals surface area contributed by atoms with Crippen LogP contribution in [0.15, 0.2) is 10.1 Å². The van der Waals surface area contributed by atoms with E-state index < -0.39 is 0 Å². The number of ketones is 1. The monoisotopic (exact) mass is 176 g/mol. The van der Waals surface area contributed by atoms with Crippen LogP contribution in [0.4, 0.5) is 0 Å². The molecule has 0 aromatic rings. The first-order valence-corrected chi connectivity index (χ1v) is 3.19. The molecule has 0 aliphatic rings. The molecule has 46 valence electrons. The number of carbonyl (C=O) groups is 1. The van der Waals surface area contributed by atoms with Gasteiger partial charge < -0.3 is 0 Å². The van der Waals surface area contributed by atoms with Crippen molar-refractivity contribution in [3.05, 3.63) is 10.1 Å². The lowest BCUT2D eigenvalue weighted by molar-refractivity contribution is -0.112. The molecule has 0 unspecified atom stereocenters. The zero-order valence-corrected chi connectivity index (χ0v) is 6.87. The van der Waals surface area contributed by atoms with Crippen LogP contribution in [0, 0.1) is 0 Å². The summed E-state index contributed by atoms with van der Waals surface area (Å²) in [5, 5.41) is 0. The molecule has 0 atom stereocenters. The van der Waals surface area contributed by atoms with Crippen molar-refractivity contribution in [2.24, 2.45) is 0 Å². The molecular weight excluding hydrogens is 168 g/mol. The summed E-state index contributed by atoms with van der Waals surface area (Å²) in [6.45, 7) is 5.33. The molecule has 0 heterocycles. The van der Waals surface area contributed by atoms with Crippen molar-refractivity contribution >= 4 is 21.7 Å². The molecule has 1 nitrogen and oxygen atoms in total. The first kappa shape index (κ1) is 7.89. The number of allylic oxidation sites excluding steroid dienone is 2. The molecule has 0 fully saturated rings. The summed E-state index contributed by atoms with van der Waals surface area (Å²) < 4.78 is 0.692. The number of carbonyl (C=O) groups excluding carboxylic acids is 1. The van der Waals surface area contributed by atoms with E-state index in [0.717, 1.165) is 5.57 Å². The quantitative estimate of drug-likeness (QED) is 0.561. The fourth-order valence-electron chi connectivity index (χ4n) is 0.352. The van der Waals surface area contributed by atoms with E-state index >= 15 is 0 Å². The fourth-order valence-corrected chi connectivity index (χ4v) is 0.352. The molecule has 8 heavy (non-hydrogen) atoms. The van der Waals surface area contributed by atoms with Gasteiger partial charge >= 0.3 is 0 Å². The van der Waals surface area contributed by atoms with E-state index in [1.165, 1.54) is 6.92 Å². The lowest BCUT2D eigenvalue weighted by Crippen LogP contribution is -1.89. The Labute approximate surface area is 57.9 Å². The van der Waals surface area contributed by atoms with Crippen LogP contribution < -0.4 is 0 Å². The minimum atomic E-state index is 0.0880. The van der Waals surface area contributed by atoms with Gasteiger partial charge in [0.1, 0.15) is 0 Å². The van der Waals surface area contributed by atoms with Gasteiger partial charge in [-0.2, -0.15) is 0 Å². The Morgan fingerprint density at radius 2 is 1.62 bits per heavy atom. The topological polar surface area (TPSA) is 17.1 Å². The Hall–Kier alpha value is -0.110. The third-order valence-electron chi connectivity index (χ3n) is 0.748. The normalized spacial score (nSPS) is 8.50. The van der Waals surface area contributed by atoms with Crippen LogP contribution in [0.5, 0.6) is 0 Å². The van der Waals surface area contributed by atoms with Gasteiger partial charge in [0.2, 0.25) is 0 Å². The second kappa shape index (κ2) is 3.02. The second-order valence-electron chi connectivity index (χ2n) is 1.87. The molecule has 0 amide bonds. The van der Waals surface area contributed by atoms with Crippen molar-refractivity contribution in [2.75, 3.05) is 0 Å². The highest BCUT2D eigenvalue weighted by atomic mass is 79.9. The minimum Gasteiger partial charge on any atom is -0.294 e. The summed E-state index contributed by atoms with van der Waals surface area (Å²) in [5.41, 5.74) is 1.03. The number of hydrogen-bond acceptors (Lipinski definition) is 1. The third-order valence-corrected chi connectivity index (χ3v) is 2.10. The SMILES string of the molecule is CC(=O)C(Br)=C(C)C. The third kappa shape index (κ3) is 2.26. The van der Waals surface area contributed by atoms with Gasteiger partial charge in [0.05, 0.1) is 4.48 Å². The molecule has 0 rings (SSSR count). The van der Waals surface area contributed by atoms with E-state index in [4.69, 9.17) is 0 Å². The zero-order valence-electron chi connectivity index (χ0n) is 5.29. The predicted molar refractivity (Wildman–Crippen MR) is 38.0 cm³/mol. The molecule has 0 bridgehead atoms. The van der Waals surface area contributed by atoms with Crippen LogP contribution in [-0.4, -0.2) is 5.78 Å². The van der Waals surface area contributed by atoms with Crippen LogP contribution in [-0.2, 0) is 4.79 Å². The van der Waals surface area contributed by atoms with Crippen LogP contribution in [0.1, 0.15) is 20.8 Å². The second-order valence-corrected chi connectivity index (χ2v) is 2.66. The van der Waals surface area contributed by atoms with Crippen molar-refractivity contribution in [1.29, 1.82) is 0 Å². The molecule has 0 saturated carbocycles. The standard InChI is InChI=1S/C6H9BrO/c1-4(2)6(7)5(3)8/h1-3H3. The average molecular weight is 177 g/mol. The smallest absolute Gasteiger partial charge is 0.166 e. The predicted octanol–water partition coefficient (Wildman–Crippen LogP) is 2.26. The first-order chi connectivity index (χ1) is 3.55. The van der Waals surface area contributed by atoms with E-state index in [-0.39, 0.29) is 5.78 Å². The summed E-state index contributed by atoms with van der Waals surface area (Å²) >= 11 is 3.14. The first-order valence-electron chi connectivity index (χ1n) is 2.39. The molecule has 0 spiro atoms. The van der Waals surface area contributed by atoms with Gasteiger partial charge in [0, 0.05) is 0 Å². The lowest BCUT2D eigenvalue weighted by atomic mass is 10.3. The van der Waals surface area contributed by atoms with Gasteiger partial charge in [0.15, 0.2) is 5.78 Å². The molecule has 0 aromatic carbocycles. The summed E-state index contributed by atoms with van der Waals surface area (Å²) in [7, 11) is 0. The Morgan fingerprint density at radius 1 is 1.25 bits per heavy atom. The summed E-state index contributed by atoms with van der Waals surface area (Å²) in [6.07, 6.45) is 0. The Bertz CT molecular complexity index is 131. The van der Waals surface area contributed by atoms with Crippen molar-refractivity contribution in [3.8, 4) is 0 Å². The van der Waals surface area contributed by atoms with Crippen molar-refractivity contribution in [1.82, 2.24) is 0 Å². The number of Topliss-reactive ketones (excluding diaryl/α,β-unsaturated/α-hetero) is 1. The van der Waals surface area contributed by atoms with E-state index in [9.17, 15) is 4.79 Å². The van der Waals surface area contributed by atoms with Crippen molar-refractivity contribution < 1.29 is 4.79 Å². The number of halogens is 1. The zero-order chi connectivity index (χ0) is 6.73. The average Bonchev–Trinajstić information content (AvgIpc) is 1.64. The molecule has 2 heteroatoms. The maximum Gasteiger partial charge on any atom is 0.166 e. The Morgan fingerprint density at radius 3 is 1.62 bits per heavy atom. The van der Waals surface area contributed by atoms with E-state index in [1.807, 2.05) is 13.8 Å². The Balaban J connectivity index is 4.23. The van der Waals surface area contributed by atoms with Gasteiger partial charge in [-0.05, 0) is 36.7 Å². The van der Waals surface area contributed by atoms with Gasteiger partial charge in [0.25, 0.3) is 0 Å². The lowest BCUT2D eigenvalue weighted by Gasteiger charge is -1.91. The molecule has 0 aromatic heterocycles. The maximum absolute atomic E-state index is 10.5. The minimum absolute atomic E-state index is 0.0880. The van der Waals surface area contributed by atoms with Crippen molar-refractivity contribution in [3.63, 3.8) is 0 Å². The highest BCUT2D eigenvalue weighted by Gasteiger charge is 1.97. The number of hydrogen-bond donors (Lipinski definition) is 0. The molecule has 0 aliphatic heterocycles.